The van der Waals surface area contributed by atoms with Crippen LogP contribution in [0.15, 0.2) is 48.5 Å². The van der Waals surface area contributed by atoms with E-state index in [2.05, 4.69) is 12.1 Å². The van der Waals surface area contributed by atoms with Crippen molar-refractivity contribution >= 4 is 11.9 Å². The Balaban J connectivity index is 1.76. The molecule has 5 nitrogen and oxygen atoms in total. The number of esters is 1. The van der Waals surface area contributed by atoms with Crippen molar-refractivity contribution in [3.8, 4) is 11.1 Å². The van der Waals surface area contributed by atoms with E-state index in [4.69, 9.17) is 15.6 Å². The lowest BCUT2D eigenvalue weighted by molar-refractivity contribution is -0.149. The van der Waals surface area contributed by atoms with Crippen LogP contribution in [0.3, 0.4) is 0 Å². The summed E-state index contributed by atoms with van der Waals surface area (Å²) in [5.41, 5.74) is 9.87. The summed E-state index contributed by atoms with van der Waals surface area (Å²) in [5.74, 6) is -1.84. The minimum Gasteiger partial charge on any atom is -0.480 e. The number of fused-ring (bicyclic) bond motifs is 3. The Morgan fingerprint density at radius 1 is 1.04 bits per heavy atom. The Morgan fingerprint density at radius 3 is 2.09 bits per heavy atom. The molecule has 1 aliphatic carbocycles. The van der Waals surface area contributed by atoms with Crippen molar-refractivity contribution in [2.24, 2.45) is 5.73 Å². The second-order valence-corrected chi connectivity index (χ2v) is 5.56. The van der Waals surface area contributed by atoms with Gasteiger partial charge in [-0.05, 0) is 22.3 Å². The van der Waals surface area contributed by atoms with Crippen molar-refractivity contribution in [1.29, 1.82) is 0 Å². The van der Waals surface area contributed by atoms with Crippen LogP contribution < -0.4 is 5.73 Å². The van der Waals surface area contributed by atoms with Gasteiger partial charge < -0.3 is 15.6 Å². The van der Waals surface area contributed by atoms with E-state index < -0.39 is 18.0 Å². The summed E-state index contributed by atoms with van der Waals surface area (Å²) in [5, 5.41) is 8.74. The Hall–Kier alpha value is -2.66. The van der Waals surface area contributed by atoms with Gasteiger partial charge in [-0.1, -0.05) is 48.5 Å². The van der Waals surface area contributed by atoms with E-state index >= 15 is 0 Å². The number of rotatable bonds is 5. The molecule has 5 heteroatoms. The van der Waals surface area contributed by atoms with E-state index in [9.17, 15) is 9.59 Å². The van der Waals surface area contributed by atoms with Gasteiger partial charge >= 0.3 is 11.9 Å². The van der Waals surface area contributed by atoms with Gasteiger partial charge in [0.15, 0.2) is 0 Å². The average Bonchev–Trinajstić information content (AvgIpc) is 2.87. The number of nitrogens with two attached hydrogens (primary N) is 1. The first-order valence-electron chi connectivity index (χ1n) is 7.40. The fourth-order valence-corrected chi connectivity index (χ4v) is 2.94. The standard InChI is InChI=1S/C18H17NO4/c19-16(18(21)22)9-17(20)23-10-15-13-7-3-1-5-11(13)12-6-2-4-8-14(12)15/h1-8,15-16H,9-10,19H2,(H,21,22). The molecule has 0 heterocycles. The van der Waals surface area contributed by atoms with Crippen molar-refractivity contribution < 1.29 is 19.4 Å². The third-order valence-electron chi connectivity index (χ3n) is 4.08. The molecule has 3 rings (SSSR count). The molecule has 23 heavy (non-hydrogen) atoms. The van der Waals surface area contributed by atoms with Gasteiger partial charge in [0.05, 0.1) is 6.42 Å². The summed E-state index contributed by atoms with van der Waals surface area (Å²) in [4.78, 5) is 22.5. The second kappa shape index (κ2) is 6.22. The summed E-state index contributed by atoms with van der Waals surface area (Å²) in [6, 6.07) is 14.8. The molecule has 1 atom stereocenters. The lowest BCUT2D eigenvalue weighted by Gasteiger charge is -2.14. The van der Waals surface area contributed by atoms with Gasteiger partial charge in [-0.2, -0.15) is 0 Å². The minimum absolute atomic E-state index is 0.0348. The molecule has 0 amide bonds. The number of carboxylic acids is 1. The van der Waals surface area contributed by atoms with Gasteiger partial charge in [0.25, 0.3) is 0 Å². The molecule has 1 unspecified atom stereocenters. The molecule has 118 valence electrons. The quantitative estimate of drug-likeness (QED) is 0.826. The largest absolute Gasteiger partial charge is 0.480 e. The van der Waals surface area contributed by atoms with Gasteiger partial charge in [-0.15, -0.1) is 0 Å². The third-order valence-corrected chi connectivity index (χ3v) is 4.08. The highest BCUT2D eigenvalue weighted by Gasteiger charge is 2.29. The first-order valence-corrected chi connectivity index (χ1v) is 7.40. The number of carbonyl (C=O) groups is 2. The number of carboxylic acid groups (broad SMARTS) is 1. The topological polar surface area (TPSA) is 89.6 Å². The maximum absolute atomic E-state index is 11.8. The van der Waals surface area contributed by atoms with Crippen LogP contribution >= 0.6 is 0 Å². The maximum Gasteiger partial charge on any atom is 0.321 e. The van der Waals surface area contributed by atoms with Crippen molar-refractivity contribution in [2.45, 2.75) is 18.4 Å². The predicted octanol–water partition coefficient (Wildman–Crippen LogP) is 2.14. The Kier molecular flexibility index (Phi) is 4.12. The summed E-state index contributed by atoms with van der Waals surface area (Å²) in [7, 11) is 0. The molecule has 0 saturated heterocycles. The molecule has 0 fully saturated rings. The fourth-order valence-electron chi connectivity index (χ4n) is 2.94. The van der Waals surface area contributed by atoms with E-state index in [0.29, 0.717) is 0 Å². The van der Waals surface area contributed by atoms with Crippen LogP contribution in [-0.2, 0) is 14.3 Å². The first-order chi connectivity index (χ1) is 11.1. The van der Waals surface area contributed by atoms with Crippen molar-refractivity contribution in [3.05, 3.63) is 59.7 Å². The normalized spacial score (nSPS) is 14.0. The molecule has 0 aliphatic heterocycles. The zero-order chi connectivity index (χ0) is 16.4. The van der Waals surface area contributed by atoms with Gasteiger partial charge in [-0.3, -0.25) is 9.59 Å². The molecule has 3 N–H and O–H groups in total. The molecule has 0 saturated carbocycles. The third kappa shape index (κ3) is 2.96. The zero-order valence-electron chi connectivity index (χ0n) is 12.4. The molecule has 0 aromatic heterocycles. The molecular weight excluding hydrogens is 294 g/mol. The second-order valence-electron chi connectivity index (χ2n) is 5.56. The SMILES string of the molecule is NC(CC(=O)OCC1c2ccccc2-c2ccccc21)C(=O)O. The van der Waals surface area contributed by atoms with E-state index in [0.717, 1.165) is 22.3 Å². The van der Waals surface area contributed by atoms with Crippen LogP contribution in [0.4, 0.5) is 0 Å². The van der Waals surface area contributed by atoms with E-state index in [-0.39, 0.29) is 18.9 Å². The van der Waals surface area contributed by atoms with Crippen molar-refractivity contribution in [2.75, 3.05) is 6.61 Å². The molecule has 0 radical (unpaired) electrons. The van der Waals surface area contributed by atoms with Crippen molar-refractivity contribution in [1.82, 2.24) is 0 Å². The van der Waals surface area contributed by atoms with Crippen molar-refractivity contribution in [3.63, 3.8) is 0 Å². The predicted molar refractivity (Wildman–Crippen MR) is 84.9 cm³/mol. The monoisotopic (exact) mass is 311 g/mol. The Labute approximate surface area is 133 Å². The highest BCUT2D eigenvalue weighted by atomic mass is 16.5. The van der Waals surface area contributed by atoms with E-state index in [1.54, 1.807) is 0 Å². The number of hydrogen-bond acceptors (Lipinski definition) is 4. The maximum atomic E-state index is 11.8. The van der Waals surface area contributed by atoms with E-state index in [1.807, 2.05) is 36.4 Å². The van der Waals surface area contributed by atoms with Crippen LogP contribution in [0.1, 0.15) is 23.5 Å². The summed E-state index contributed by atoms with van der Waals surface area (Å²) < 4.78 is 5.28. The molecule has 0 bridgehead atoms. The molecule has 0 spiro atoms. The first kappa shape index (κ1) is 15.2. The smallest absolute Gasteiger partial charge is 0.321 e. The van der Waals surface area contributed by atoms with Gasteiger partial charge in [0.1, 0.15) is 12.6 Å². The minimum atomic E-state index is -1.23. The van der Waals surface area contributed by atoms with Crippen LogP contribution in [0.5, 0.6) is 0 Å². The number of carbonyl (C=O) groups excluding carboxylic acids is 1. The average molecular weight is 311 g/mol. The summed E-state index contributed by atoms with van der Waals surface area (Å²) in [6.07, 6.45) is -0.328. The number of benzene rings is 2. The zero-order valence-corrected chi connectivity index (χ0v) is 12.4. The lowest BCUT2D eigenvalue weighted by Crippen LogP contribution is -2.33. The molecule has 2 aromatic rings. The summed E-state index contributed by atoms with van der Waals surface area (Å²) >= 11 is 0. The van der Waals surface area contributed by atoms with Gasteiger partial charge in [0.2, 0.25) is 0 Å². The summed E-state index contributed by atoms with van der Waals surface area (Å²) in [6.45, 7) is 0.180. The number of hydrogen-bond donors (Lipinski definition) is 2. The highest BCUT2D eigenvalue weighted by Crippen LogP contribution is 2.44. The van der Waals surface area contributed by atoms with E-state index in [1.165, 1.54) is 0 Å². The Bertz CT molecular complexity index is 711. The molecular formula is C18H17NO4. The lowest BCUT2D eigenvalue weighted by atomic mass is 9.98. The highest BCUT2D eigenvalue weighted by molar-refractivity contribution is 5.82. The van der Waals surface area contributed by atoms with Crippen LogP contribution in [-0.4, -0.2) is 29.7 Å². The number of aliphatic carboxylic acids is 1. The Morgan fingerprint density at radius 2 is 1.57 bits per heavy atom. The molecule has 2 aromatic carbocycles. The van der Waals surface area contributed by atoms with Crippen LogP contribution in [0.25, 0.3) is 11.1 Å². The van der Waals surface area contributed by atoms with Crippen LogP contribution in [0, 0.1) is 0 Å². The van der Waals surface area contributed by atoms with Gasteiger partial charge in [-0.25, -0.2) is 0 Å². The fraction of sp³-hybridized carbons (Fsp3) is 0.222. The number of ether oxygens (including phenoxy) is 1. The molecule has 1 aliphatic rings. The van der Waals surface area contributed by atoms with Gasteiger partial charge in [0, 0.05) is 5.92 Å². The van der Waals surface area contributed by atoms with Crippen LogP contribution in [0.2, 0.25) is 0 Å².